The molecule has 2 aliphatic heterocycles. The van der Waals surface area contributed by atoms with E-state index < -0.39 is 73.4 Å². The van der Waals surface area contributed by atoms with Crippen molar-refractivity contribution in [3.63, 3.8) is 0 Å². The first-order valence-electron chi connectivity index (χ1n) is 15.9. The minimum absolute atomic E-state index is 0.0307. The Kier molecular flexibility index (Phi) is 12.6. The van der Waals surface area contributed by atoms with Gasteiger partial charge >= 0.3 is 18.2 Å². The largest absolute Gasteiger partial charge is 0.481 e. The molecule has 2 fully saturated rings. The van der Waals surface area contributed by atoms with Crippen molar-refractivity contribution in [2.24, 2.45) is 5.92 Å². The Morgan fingerprint density at radius 2 is 1.68 bits per heavy atom. The molecular weight excluding hydrogens is 671 g/mol. The van der Waals surface area contributed by atoms with Gasteiger partial charge in [0.2, 0.25) is 17.7 Å². The van der Waals surface area contributed by atoms with E-state index >= 15 is 0 Å². The second-order valence-corrected chi connectivity index (χ2v) is 11.5. The number of piperazine rings is 1. The van der Waals surface area contributed by atoms with Gasteiger partial charge in [0.15, 0.2) is 12.3 Å². The maximum atomic E-state index is 13.4. The number of alkyl halides is 3. The molecule has 4 rings (SSSR count). The summed E-state index contributed by atoms with van der Waals surface area (Å²) in [4.78, 5) is 79.5. The summed E-state index contributed by atoms with van der Waals surface area (Å²) < 4.78 is 49.5. The number of amides is 5. The van der Waals surface area contributed by atoms with E-state index in [4.69, 9.17) is 9.47 Å². The molecule has 50 heavy (non-hydrogen) atoms. The summed E-state index contributed by atoms with van der Waals surface area (Å²) in [7, 11) is 0. The van der Waals surface area contributed by atoms with Gasteiger partial charge in [-0.3, -0.25) is 24.0 Å². The van der Waals surface area contributed by atoms with Gasteiger partial charge in [-0.05, 0) is 31.9 Å². The number of nitrogens with one attached hydrogen (secondary N) is 2. The van der Waals surface area contributed by atoms with Gasteiger partial charge in [0, 0.05) is 51.8 Å². The van der Waals surface area contributed by atoms with Crippen LogP contribution in [0, 0.1) is 5.92 Å². The van der Waals surface area contributed by atoms with Crippen molar-refractivity contribution < 1.29 is 56.5 Å². The van der Waals surface area contributed by atoms with Crippen LogP contribution >= 0.6 is 0 Å². The van der Waals surface area contributed by atoms with Crippen LogP contribution in [0.3, 0.4) is 0 Å². The summed E-state index contributed by atoms with van der Waals surface area (Å²) in [6, 6.07) is 8.45. The van der Waals surface area contributed by atoms with E-state index in [1.807, 2.05) is 5.32 Å². The van der Waals surface area contributed by atoms with Crippen LogP contribution in [0.5, 0.6) is 5.88 Å². The number of aliphatic carboxylic acids is 1. The molecule has 16 nitrogen and oxygen atoms in total. The van der Waals surface area contributed by atoms with Crippen molar-refractivity contribution in [2.75, 3.05) is 59.0 Å². The van der Waals surface area contributed by atoms with Crippen molar-refractivity contribution in [1.82, 2.24) is 35.1 Å². The number of hydrogen-bond acceptors (Lipinski definition) is 9. The summed E-state index contributed by atoms with van der Waals surface area (Å²) in [6.07, 6.45) is -5.55. The number of carbonyl (C=O) groups excluding carboxylic acids is 5. The van der Waals surface area contributed by atoms with Crippen molar-refractivity contribution >= 4 is 35.7 Å². The predicted molar refractivity (Wildman–Crippen MR) is 166 cm³/mol. The van der Waals surface area contributed by atoms with Gasteiger partial charge in [0.05, 0.1) is 18.2 Å². The predicted octanol–water partition coefficient (Wildman–Crippen LogP) is 1.04. The molecule has 0 bridgehead atoms. The van der Waals surface area contributed by atoms with Gasteiger partial charge in [-0.2, -0.15) is 18.3 Å². The van der Waals surface area contributed by atoms with Crippen molar-refractivity contribution in [3.05, 3.63) is 42.1 Å². The lowest BCUT2D eigenvalue weighted by atomic mass is 10.1. The molecule has 272 valence electrons. The zero-order valence-corrected chi connectivity index (χ0v) is 27.2. The summed E-state index contributed by atoms with van der Waals surface area (Å²) in [5, 5.41) is 18.0. The molecular formula is C31H38F3N7O9. The van der Waals surface area contributed by atoms with Gasteiger partial charge in [-0.1, -0.05) is 18.2 Å². The molecule has 2 aliphatic rings. The Hall–Kier alpha value is -5.36. The minimum atomic E-state index is -4.56. The second-order valence-electron chi connectivity index (χ2n) is 11.5. The standard InChI is InChI=1S/C31H38F3N7O9/c1-2-49-30(48)39-14-12-38(13-15-39)29(47)22(8-9-26(43)44)36-28(46)23-16-25(41(37-23)21-6-4-3-5-7-21)50-18-24(42)40-11-10-20(17-40)27(45)35-19-31(32,33)34/h3-7,16,20,22H,2,8-15,17-19H2,1H3,(H,35,45)(H,36,46)(H,43,44)/t20?,22-/m0/s1. The number of hydrogen-bond donors (Lipinski definition) is 3. The summed E-state index contributed by atoms with van der Waals surface area (Å²) in [6.45, 7) is 0.540. The van der Waals surface area contributed by atoms with Crippen LogP contribution in [-0.2, 0) is 23.9 Å². The molecule has 5 amide bonds. The van der Waals surface area contributed by atoms with Gasteiger partial charge in [-0.15, -0.1) is 0 Å². The first-order chi connectivity index (χ1) is 23.8. The van der Waals surface area contributed by atoms with Gasteiger partial charge in [0.1, 0.15) is 12.6 Å². The van der Waals surface area contributed by atoms with Gasteiger partial charge in [-0.25, -0.2) is 9.48 Å². The topological polar surface area (TPSA) is 193 Å². The van der Waals surface area contributed by atoms with Gasteiger partial charge < -0.3 is 39.9 Å². The molecule has 0 radical (unpaired) electrons. The molecule has 0 spiro atoms. The molecule has 0 saturated carbocycles. The number of aromatic nitrogens is 2. The number of halogens is 3. The third-order valence-corrected chi connectivity index (χ3v) is 8.00. The van der Waals surface area contributed by atoms with E-state index in [0.29, 0.717) is 5.69 Å². The molecule has 0 aliphatic carbocycles. The highest BCUT2D eigenvalue weighted by molar-refractivity contribution is 5.96. The highest BCUT2D eigenvalue weighted by Crippen LogP contribution is 2.22. The van der Waals surface area contributed by atoms with Crippen LogP contribution in [0.2, 0.25) is 0 Å². The normalized spacial score (nSPS) is 16.8. The zero-order valence-electron chi connectivity index (χ0n) is 27.2. The molecule has 1 aromatic carbocycles. The molecule has 1 unspecified atom stereocenters. The quantitative estimate of drug-likeness (QED) is 0.271. The van der Waals surface area contributed by atoms with Crippen molar-refractivity contribution in [3.8, 4) is 11.6 Å². The number of benzene rings is 1. The Labute approximate surface area is 284 Å². The van der Waals surface area contributed by atoms with Crippen LogP contribution in [0.1, 0.15) is 36.7 Å². The second kappa shape index (κ2) is 16.8. The van der Waals surface area contributed by atoms with Crippen LogP contribution in [-0.4, -0.2) is 137 Å². The number of carbonyl (C=O) groups is 6. The number of para-hydroxylation sites is 1. The lowest BCUT2D eigenvalue weighted by Crippen LogP contribution is -2.56. The number of carboxylic acids is 1. The molecule has 19 heteroatoms. The molecule has 2 aromatic rings. The first kappa shape index (κ1) is 37.5. The lowest BCUT2D eigenvalue weighted by molar-refractivity contribution is -0.141. The maximum Gasteiger partial charge on any atom is 0.409 e. The van der Waals surface area contributed by atoms with Crippen LogP contribution in [0.25, 0.3) is 5.69 Å². The van der Waals surface area contributed by atoms with E-state index in [0.717, 1.165) is 0 Å². The summed E-state index contributed by atoms with van der Waals surface area (Å²) in [5.41, 5.74) is 0.244. The summed E-state index contributed by atoms with van der Waals surface area (Å²) >= 11 is 0. The van der Waals surface area contributed by atoms with Crippen LogP contribution < -0.4 is 15.4 Å². The van der Waals surface area contributed by atoms with Crippen LogP contribution in [0.4, 0.5) is 18.0 Å². The van der Waals surface area contributed by atoms with E-state index in [1.165, 1.54) is 25.4 Å². The fraction of sp³-hybridized carbons (Fsp3) is 0.516. The van der Waals surface area contributed by atoms with Gasteiger partial charge in [0.25, 0.3) is 11.8 Å². The number of ether oxygens (including phenoxy) is 2. The third-order valence-electron chi connectivity index (χ3n) is 8.00. The smallest absolute Gasteiger partial charge is 0.409 e. The van der Waals surface area contributed by atoms with Crippen molar-refractivity contribution in [1.29, 1.82) is 0 Å². The SMILES string of the molecule is CCOC(=O)N1CCN(C(=O)[C@H](CCC(=O)O)NC(=O)c2cc(OCC(=O)N3CCC(C(=O)NCC(F)(F)F)C3)n(-c3ccccc3)n2)CC1. The van der Waals surface area contributed by atoms with E-state index in [2.05, 4.69) is 10.4 Å². The highest BCUT2D eigenvalue weighted by atomic mass is 19.4. The molecule has 2 atom stereocenters. The monoisotopic (exact) mass is 709 g/mol. The average molecular weight is 710 g/mol. The minimum Gasteiger partial charge on any atom is -0.481 e. The molecule has 1 aromatic heterocycles. The third kappa shape index (κ3) is 10.3. The van der Waals surface area contributed by atoms with E-state index in [9.17, 15) is 47.0 Å². The summed E-state index contributed by atoms with van der Waals surface area (Å²) in [5.74, 6) is -4.74. The van der Waals surface area contributed by atoms with Crippen LogP contribution in [0.15, 0.2) is 36.4 Å². The number of likely N-dealkylation sites (tertiary alicyclic amines) is 1. The Bertz CT molecular complexity index is 1550. The first-order valence-corrected chi connectivity index (χ1v) is 15.9. The average Bonchev–Trinajstić information content (AvgIpc) is 3.76. The number of carboxylic acid groups (broad SMARTS) is 1. The molecule has 3 heterocycles. The number of nitrogens with zero attached hydrogens (tertiary/aromatic N) is 5. The Morgan fingerprint density at radius 1 is 1.00 bits per heavy atom. The Morgan fingerprint density at radius 3 is 2.32 bits per heavy atom. The fourth-order valence-corrected chi connectivity index (χ4v) is 5.39. The highest BCUT2D eigenvalue weighted by Gasteiger charge is 2.35. The maximum absolute atomic E-state index is 13.4. The zero-order chi connectivity index (χ0) is 36.4. The van der Waals surface area contributed by atoms with E-state index in [1.54, 1.807) is 37.3 Å². The van der Waals surface area contributed by atoms with E-state index in [-0.39, 0.29) is 70.3 Å². The Balaban J connectivity index is 1.43. The lowest BCUT2D eigenvalue weighted by Gasteiger charge is -2.35. The fourth-order valence-electron chi connectivity index (χ4n) is 5.39. The van der Waals surface area contributed by atoms with Crippen molar-refractivity contribution in [2.45, 2.75) is 38.4 Å². The molecule has 3 N–H and O–H groups in total. The number of rotatable bonds is 13. The molecule has 2 saturated heterocycles.